The van der Waals surface area contributed by atoms with Crippen LogP contribution >= 0.6 is 23.5 Å². The van der Waals surface area contributed by atoms with E-state index in [1.54, 1.807) is 20.8 Å². The van der Waals surface area contributed by atoms with E-state index in [1.807, 2.05) is 6.92 Å². The van der Waals surface area contributed by atoms with Gasteiger partial charge in [-0.1, -0.05) is 33.8 Å². The largest absolute Gasteiger partial charge is 0.456 e. The Morgan fingerprint density at radius 3 is 2.23 bits per heavy atom. The minimum atomic E-state index is -1.05. The summed E-state index contributed by atoms with van der Waals surface area (Å²) in [6.45, 7) is 7.89. The summed E-state index contributed by atoms with van der Waals surface area (Å²) in [7, 11) is 0. The molecule has 0 aliphatic carbocycles. The number of nitro groups is 2. The Morgan fingerprint density at radius 2 is 1.70 bits per heavy atom. The van der Waals surface area contributed by atoms with E-state index in [0.717, 1.165) is 11.0 Å². The Balaban J connectivity index is 2.14. The predicted molar refractivity (Wildman–Crippen MR) is 160 cm³/mol. The molecule has 15 heteroatoms. The summed E-state index contributed by atoms with van der Waals surface area (Å²) in [6, 6.07) is 10.4. The highest BCUT2D eigenvalue weighted by Crippen LogP contribution is 2.44. The third-order valence-electron chi connectivity index (χ3n) is 6.12. The average Bonchev–Trinajstić information content (AvgIpc) is 2.93. The van der Waals surface area contributed by atoms with Gasteiger partial charge in [-0.05, 0) is 48.2 Å². The van der Waals surface area contributed by atoms with Crippen molar-refractivity contribution in [2.75, 3.05) is 5.75 Å². The van der Waals surface area contributed by atoms with E-state index in [9.17, 15) is 39.7 Å². The lowest BCUT2D eigenvalue weighted by atomic mass is 9.92. The van der Waals surface area contributed by atoms with Crippen molar-refractivity contribution in [1.29, 1.82) is 0 Å². The Kier molecular flexibility index (Phi) is 10.9. The van der Waals surface area contributed by atoms with Crippen LogP contribution in [0, 0.1) is 31.6 Å². The second kappa shape index (κ2) is 14.0. The summed E-state index contributed by atoms with van der Waals surface area (Å²) in [4.78, 5) is 62.6. The number of carbonyl (C=O) groups excluding carboxylic acids is 3. The molecule has 0 spiro atoms. The molecule has 1 aliphatic rings. The number of β-lactam (4-membered cyclic amide) rings is 1. The highest BCUT2D eigenvalue weighted by atomic mass is 32.2. The summed E-state index contributed by atoms with van der Waals surface area (Å²) in [5, 5.41) is 31.2. The monoisotopic (exact) mass is 633 g/mol. The zero-order valence-electron chi connectivity index (χ0n) is 24.0. The molecule has 0 radical (unpaired) electrons. The van der Waals surface area contributed by atoms with Gasteiger partial charge in [-0.15, -0.1) is 11.8 Å². The molecule has 43 heavy (non-hydrogen) atoms. The zero-order chi connectivity index (χ0) is 32.1. The fraction of sp³-hybridized carbons (Fsp3) is 0.393. The Bertz CT molecular complexity index is 1440. The smallest absolute Gasteiger partial charge is 0.359 e. The van der Waals surface area contributed by atoms with E-state index in [0.29, 0.717) is 23.1 Å². The van der Waals surface area contributed by atoms with Gasteiger partial charge in [-0.3, -0.25) is 34.7 Å². The standard InChI is InChI=1S/C28H31N3O10S2/c1-6-42-24-21(16(2)32)23(33)29(24)22(25(34)40-15-17-10-12-18(13-11-17)30(36)37)26(43-27(35)28(3,4)5)41-20-9-7-8-19(14-20)31(38)39/h7-14,16,21,24,32H,6,15H2,1-5H3/t16-,21+,24-/m1/s1. The minimum absolute atomic E-state index is 0.0705. The van der Waals surface area contributed by atoms with Crippen molar-refractivity contribution in [3.05, 3.63) is 85.1 Å². The third kappa shape index (κ3) is 8.12. The first-order valence-corrected chi connectivity index (χ1v) is 14.9. The summed E-state index contributed by atoms with van der Waals surface area (Å²) >= 11 is 1.83. The van der Waals surface area contributed by atoms with Crippen molar-refractivity contribution < 1.29 is 38.8 Å². The molecule has 230 valence electrons. The Labute approximate surface area is 255 Å². The van der Waals surface area contributed by atoms with Crippen LogP contribution in [0.3, 0.4) is 0 Å². The van der Waals surface area contributed by atoms with Gasteiger partial charge in [0.2, 0.25) is 11.0 Å². The van der Waals surface area contributed by atoms with Crippen LogP contribution in [0.15, 0.2) is 59.3 Å². The van der Waals surface area contributed by atoms with Crippen LogP contribution in [-0.4, -0.2) is 54.1 Å². The molecule has 2 aromatic rings. The Morgan fingerprint density at radius 1 is 1.07 bits per heavy atom. The third-order valence-corrected chi connectivity index (χ3v) is 8.56. The zero-order valence-corrected chi connectivity index (χ0v) is 25.7. The molecule has 1 aliphatic heterocycles. The van der Waals surface area contributed by atoms with Gasteiger partial charge in [0, 0.05) is 23.6 Å². The SMILES string of the molecule is CCS[C@@H]1[C@@H]([C@@H](C)O)C(=O)N1C(C(=O)OCc1ccc([N+](=O)[O-])cc1)=C(Oc1cccc([N+](=O)[O-])c1)SC(=O)C(C)(C)C. The lowest BCUT2D eigenvalue weighted by Gasteiger charge is -2.48. The predicted octanol–water partition coefficient (Wildman–Crippen LogP) is 5.02. The molecule has 13 nitrogen and oxygen atoms in total. The number of non-ortho nitro benzene ring substituents is 2. The number of ether oxygens (including phenoxy) is 2. The number of esters is 1. The maximum Gasteiger partial charge on any atom is 0.359 e. The summed E-state index contributed by atoms with van der Waals surface area (Å²) in [5.74, 6) is -2.07. The molecule has 0 saturated carbocycles. The molecule has 0 unspecified atom stereocenters. The molecular formula is C28H31N3O10S2. The molecule has 1 saturated heterocycles. The number of nitrogens with zero attached hydrogens (tertiary/aromatic N) is 3. The van der Waals surface area contributed by atoms with Crippen LogP contribution < -0.4 is 4.74 Å². The van der Waals surface area contributed by atoms with Crippen LogP contribution in [0.2, 0.25) is 0 Å². The van der Waals surface area contributed by atoms with Crippen molar-refractivity contribution in [1.82, 2.24) is 4.90 Å². The van der Waals surface area contributed by atoms with Crippen molar-refractivity contribution in [3.63, 3.8) is 0 Å². The second-order valence-corrected chi connectivity index (χ2v) is 12.8. The fourth-order valence-electron chi connectivity index (χ4n) is 3.85. The number of amides is 1. The highest BCUT2D eigenvalue weighted by Gasteiger charge is 2.54. The number of hydrogen-bond acceptors (Lipinski definition) is 12. The van der Waals surface area contributed by atoms with Gasteiger partial charge in [0.25, 0.3) is 11.4 Å². The number of carbonyl (C=O) groups is 3. The topological polar surface area (TPSA) is 179 Å². The van der Waals surface area contributed by atoms with E-state index in [1.165, 1.54) is 61.2 Å². The number of nitro benzene ring substituents is 2. The number of rotatable bonds is 12. The number of hydrogen-bond donors (Lipinski definition) is 1. The van der Waals surface area contributed by atoms with E-state index in [4.69, 9.17) is 9.47 Å². The molecule has 3 atom stereocenters. The molecule has 0 bridgehead atoms. The van der Waals surface area contributed by atoms with Gasteiger partial charge in [-0.25, -0.2) is 4.79 Å². The number of aliphatic hydroxyl groups is 1. The van der Waals surface area contributed by atoms with E-state index in [2.05, 4.69) is 0 Å². The van der Waals surface area contributed by atoms with Gasteiger partial charge >= 0.3 is 5.97 Å². The Hall–Kier alpha value is -3.95. The van der Waals surface area contributed by atoms with Crippen molar-refractivity contribution in [3.8, 4) is 5.75 Å². The molecule has 1 N–H and O–H groups in total. The highest BCUT2D eigenvalue weighted by molar-refractivity contribution is 8.16. The second-order valence-electron chi connectivity index (χ2n) is 10.5. The van der Waals surface area contributed by atoms with Crippen molar-refractivity contribution >= 4 is 51.9 Å². The maximum atomic E-state index is 13.8. The van der Waals surface area contributed by atoms with Crippen LogP contribution in [-0.2, 0) is 25.7 Å². The first kappa shape index (κ1) is 33.6. The summed E-state index contributed by atoms with van der Waals surface area (Å²) < 4.78 is 11.5. The average molecular weight is 634 g/mol. The molecule has 3 rings (SSSR count). The normalized spacial score (nSPS) is 17.8. The molecule has 1 fully saturated rings. The molecule has 1 heterocycles. The van der Waals surface area contributed by atoms with Crippen LogP contribution in [0.25, 0.3) is 0 Å². The molecule has 1 amide bonds. The van der Waals surface area contributed by atoms with Crippen LogP contribution in [0.1, 0.15) is 40.2 Å². The van der Waals surface area contributed by atoms with Gasteiger partial charge in [0.05, 0.1) is 33.3 Å². The lowest BCUT2D eigenvalue weighted by Crippen LogP contribution is -2.63. The van der Waals surface area contributed by atoms with Crippen LogP contribution in [0.5, 0.6) is 5.75 Å². The van der Waals surface area contributed by atoms with E-state index < -0.39 is 55.3 Å². The van der Waals surface area contributed by atoms with Crippen molar-refractivity contribution in [2.45, 2.75) is 52.7 Å². The minimum Gasteiger partial charge on any atom is -0.456 e. The first-order chi connectivity index (χ1) is 20.1. The van der Waals surface area contributed by atoms with Crippen LogP contribution in [0.4, 0.5) is 11.4 Å². The maximum absolute atomic E-state index is 13.8. The summed E-state index contributed by atoms with van der Waals surface area (Å²) in [6.07, 6.45) is -1.05. The number of benzene rings is 2. The van der Waals surface area contributed by atoms with E-state index >= 15 is 0 Å². The van der Waals surface area contributed by atoms with Gasteiger partial charge in [0.15, 0.2) is 10.8 Å². The lowest BCUT2D eigenvalue weighted by molar-refractivity contribution is -0.385. The van der Waals surface area contributed by atoms with Gasteiger partial charge in [-0.2, -0.15) is 0 Å². The number of aliphatic hydroxyl groups excluding tert-OH is 1. The molecule has 0 aromatic heterocycles. The van der Waals surface area contributed by atoms with Crippen molar-refractivity contribution in [2.24, 2.45) is 11.3 Å². The number of likely N-dealkylation sites (tertiary alicyclic amines) is 1. The fourth-order valence-corrected chi connectivity index (χ4v) is 5.99. The molecule has 2 aromatic carbocycles. The number of thioether (sulfide) groups is 2. The van der Waals surface area contributed by atoms with Gasteiger partial charge < -0.3 is 14.6 Å². The quantitative estimate of drug-likeness (QED) is 0.0825. The van der Waals surface area contributed by atoms with E-state index in [-0.39, 0.29) is 28.8 Å². The summed E-state index contributed by atoms with van der Waals surface area (Å²) in [5.41, 5.74) is -1.39. The van der Waals surface area contributed by atoms with Gasteiger partial charge in [0.1, 0.15) is 12.4 Å². The first-order valence-electron chi connectivity index (χ1n) is 13.1. The molecular weight excluding hydrogens is 602 g/mol.